The van der Waals surface area contributed by atoms with Crippen molar-refractivity contribution in [3.8, 4) is 0 Å². The molecular formula is C21H23FN2O4S. The number of rotatable bonds is 6. The molecule has 1 atom stereocenters. The lowest BCUT2D eigenvalue weighted by molar-refractivity contribution is -0.134. The number of esters is 1. The molecule has 0 radical (unpaired) electrons. The molecule has 1 aliphatic rings. The molecule has 1 aliphatic heterocycles. The number of amides is 1. The van der Waals surface area contributed by atoms with Crippen molar-refractivity contribution in [2.45, 2.75) is 11.8 Å². The Kier molecular flexibility index (Phi) is 6.98. The maximum atomic E-state index is 13.1. The molecule has 154 valence electrons. The van der Waals surface area contributed by atoms with E-state index in [0.717, 1.165) is 5.69 Å². The number of benzene rings is 2. The van der Waals surface area contributed by atoms with E-state index in [1.54, 1.807) is 48.2 Å². The molecule has 2 aromatic rings. The number of hydrogen-bond donors (Lipinski definition) is 0. The summed E-state index contributed by atoms with van der Waals surface area (Å²) in [6.07, 6.45) is 0. The number of hydrogen-bond acceptors (Lipinski definition) is 5. The van der Waals surface area contributed by atoms with Gasteiger partial charge in [-0.2, -0.15) is 0 Å². The Morgan fingerprint density at radius 3 is 2.34 bits per heavy atom. The summed E-state index contributed by atoms with van der Waals surface area (Å²) >= 11 is 0. The average molecular weight is 418 g/mol. The first-order valence-electron chi connectivity index (χ1n) is 9.42. The van der Waals surface area contributed by atoms with Crippen LogP contribution in [0.4, 0.5) is 10.1 Å². The van der Waals surface area contributed by atoms with Crippen LogP contribution in [0.1, 0.15) is 17.3 Å². The van der Waals surface area contributed by atoms with Gasteiger partial charge < -0.3 is 14.5 Å². The molecular weight excluding hydrogens is 395 g/mol. The van der Waals surface area contributed by atoms with Gasteiger partial charge in [0, 0.05) is 37.6 Å². The number of ether oxygens (including phenoxy) is 1. The van der Waals surface area contributed by atoms with Crippen molar-refractivity contribution in [3.05, 3.63) is 59.9 Å². The number of nitrogens with zero attached hydrogens (tertiary/aromatic N) is 2. The van der Waals surface area contributed by atoms with Crippen molar-refractivity contribution >= 4 is 28.4 Å². The lowest BCUT2D eigenvalue weighted by Crippen LogP contribution is -2.49. The first kappa shape index (κ1) is 21.0. The zero-order valence-corrected chi connectivity index (χ0v) is 17.0. The predicted octanol–water partition coefficient (Wildman–Crippen LogP) is 2.46. The molecule has 0 N–H and O–H groups in total. The van der Waals surface area contributed by atoms with Gasteiger partial charge in [0.05, 0.1) is 21.3 Å². The quantitative estimate of drug-likeness (QED) is 0.675. The molecule has 0 aromatic heterocycles. The van der Waals surface area contributed by atoms with Crippen LogP contribution in [-0.4, -0.2) is 59.5 Å². The Bertz CT molecular complexity index is 896. The minimum absolute atomic E-state index is 0.224. The molecule has 0 spiro atoms. The second-order valence-electron chi connectivity index (χ2n) is 6.55. The molecule has 0 bridgehead atoms. The molecule has 3 rings (SSSR count). The summed E-state index contributed by atoms with van der Waals surface area (Å²) in [5.74, 6) is -0.817. The third-order valence-corrected chi connectivity index (χ3v) is 6.14. The zero-order chi connectivity index (χ0) is 20.8. The summed E-state index contributed by atoms with van der Waals surface area (Å²) in [6, 6.07) is 12.8. The topological polar surface area (TPSA) is 66.9 Å². The Morgan fingerprint density at radius 1 is 1.03 bits per heavy atom. The largest absolute Gasteiger partial charge is 0.452 e. The molecule has 0 aliphatic carbocycles. The lowest BCUT2D eigenvalue weighted by atomic mass is 10.2. The molecule has 29 heavy (non-hydrogen) atoms. The van der Waals surface area contributed by atoms with Gasteiger partial charge in [-0.05, 0) is 36.4 Å². The molecule has 1 heterocycles. The van der Waals surface area contributed by atoms with Crippen LogP contribution >= 0.6 is 0 Å². The molecule has 0 saturated carbocycles. The lowest BCUT2D eigenvalue weighted by Gasteiger charge is -2.36. The van der Waals surface area contributed by atoms with Crippen LogP contribution in [0.15, 0.2) is 53.4 Å². The van der Waals surface area contributed by atoms with E-state index < -0.39 is 16.8 Å². The van der Waals surface area contributed by atoms with Gasteiger partial charge in [0.1, 0.15) is 5.82 Å². The molecule has 1 amide bonds. The van der Waals surface area contributed by atoms with Crippen LogP contribution < -0.4 is 4.90 Å². The van der Waals surface area contributed by atoms with Crippen LogP contribution in [0, 0.1) is 5.82 Å². The molecule has 2 aromatic carbocycles. The van der Waals surface area contributed by atoms with Crippen LogP contribution in [0.5, 0.6) is 0 Å². The maximum absolute atomic E-state index is 13.1. The normalized spacial score (nSPS) is 15.1. The van der Waals surface area contributed by atoms with Gasteiger partial charge in [-0.25, -0.2) is 9.18 Å². The molecule has 8 heteroatoms. The Balaban J connectivity index is 1.52. The highest BCUT2D eigenvalue weighted by atomic mass is 32.2. The molecule has 6 nitrogen and oxygen atoms in total. The van der Waals surface area contributed by atoms with Gasteiger partial charge >= 0.3 is 5.97 Å². The Labute approximate surface area is 171 Å². The SMILES string of the molecule is CCS(=O)c1ccccc1C(=O)OCC(=O)N1CCN(c2ccc(F)cc2)CC1. The van der Waals surface area contributed by atoms with Gasteiger partial charge in [-0.15, -0.1) is 0 Å². The third-order valence-electron chi connectivity index (χ3n) is 4.77. The fourth-order valence-corrected chi connectivity index (χ4v) is 4.09. The second kappa shape index (κ2) is 9.65. The minimum atomic E-state index is -1.29. The van der Waals surface area contributed by atoms with Crippen molar-refractivity contribution in [3.63, 3.8) is 0 Å². The van der Waals surface area contributed by atoms with E-state index in [2.05, 4.69) is 4.90 Å². The first-order valence-corrected chi connectivity index (χ1v) is 10.7. The fraction of sp³-hybridized carbons (Fsp3) is 0.333. The van der Waals surface area contributed by atoms with Crippen LogP contribution in [-0.2, 0) is 20.3 Å². The zero-order valence-electron chi connectivity index (χ0n) is 16.2. The summed E-state index contributed by atoms with van der Waals surface area (Å²) in [4.78, 5) is 28.9. The third kappa shape index (κ3) is 5.20. The van der Waals surface area contributed by atoms with Gasteiger partial charge in [0.15, 0.2) is 6.61 Å². The summed E-state index contributed by atoms with van der Waals surface area (Å²) in [5, 5.41) is 0. The summed E-state index contributed by atoms with van der Waals surface area (Å²) in [7, 11) is -1.29. The van der Waals surface area contributed by atoms with Gasteiger partial charge in [0.25, 0.3) is 5.91 Å². The van der Waals surface area contributed by atoms with Gasteiger partial charge in [-0.1, -0.05) is 19.1 Å². The number of piperazine rings is 1. The van der Waals surface area contributed by atoms with Crippen molar-refractivity contribution in [1.29, 1.82) is 0 Å². The second-order valence-corrected chi connectivity index (χ2v) is 8.26. The van der Waals surface area contributed by atoms with E-state index >= 15 is 0 Å². The van der Waals surface area contributed by atoms with Crippen molar-refractivity contribution < 1.29 is 22.9 Å². The summed E-state index contributed by atoms with van der Waals surface area (Å²) in [5.41, 5.74) is 1.13. The van der Waals surface area contributed by atoms with Gasteiger partial charge in [-0.3, -0.25) is 9.00 Å². The summed E-state index contributed by atoms with van der Waals surface area (Å²) in [6.45, 7) is 3.62. The first-order chi connectivity index (χ1) is 14.0. The monoisotopic (exact) mass is 418 g/mol. The van der Waals surface area contributed by atoms with E-state index in [4.69, 9.17) is 4.74 Å². The maximum Gasteiger partial charge on any atom is 0.339 e. The average Bonchev–Trinajstić information content (AvgIpc) is 2.77. The Hall–Kier alpha value is -2.74. The number of carbonyl (C=O) groups excluding carboxylic acids is 2. The van der Waals surface area contributed by atoms with E-state index in [1.807, 2.05) is 0 Å². The van der Waals surface area contributed by atoms with E-state index in [0.29, 0.717) is 36.8 Å². The highest BCUT2D eigenvalue weighted by molar-refractivity contribution is 7.85. The Morgan fingerprint density at radius 2 is 1.69 bits per heavy atom. The highest BCUT2D eigenvalue weighted by Crippen LogP contribution is 2.18. The summed E-state index contributed by atoms with van der Waals surface area (Å²) < 4.78 is 30.3. The van der Waals surface area contributed by atoms with Gasteiger partial charge in [0.2, 0.25) is 0 Å². The smallest absolute Gasteiger partial charge is 0.339 e. The number of carbonyl (C=O) groups is 2. The standard InChI is InChI=1S/C21H23FN2O4S/c1-2-29(27)19-6-4-3-5-18(19)21(26)28-15-20(25)24-13-11-23(12-14-24)17-9-7-16(22)8-10-17/h3-10H,2,11-15H2,1H3. The minimum Gasteiger partial charge on any atom is -0.452 e. The van der Waals surface area contributed by atoms with E-state index in [9.17, 15) is 18.2 Å². The van der Waals surface area contributed by atoms with Crippen LogP contribution in [0.25, 0.3) is 0 Å². The fourth-order valence-electron chi connectivity index (χ4n) is 3.15. The van der Waals surface area contributed by atoms with Crippen molar-refractivity contribution in [2.24, 2.45) is 0 Å². The molecule has 1 unspecified atom stereocenters. The van der Waals surface area contributed by atoms with Crippen LogP contribution in [0.2, 0.25) is 0 Å². The van der Waals surface area contributed by atoms with Crippen LogP contribution in [0.3, 0.4) is 0 Å². The van der Waals surface area contributed by atoms with Crippen molar-refractivity contribution in [2.75, 3.05) is 43.4 Å². The number of anilines is 1. The van der Waals surface area contributed by atoms with E-state index in [-0.39, 0.29) is 23.9 Å². The van der Waals surface area contributed by atoms with Crippen molar-refractivity contribution in [1.82, 2.24) is 4.90 Å². The van der Waals surface area contributed by atoms with E-state index in [1.165, 1.54) is 12.1 Å². The molecule has 1 saturated heterocycles. The predicted molar refractivity (Wildman–Crippen MR) is 109 cm³/mol. The highest BCUT2D eigenvalue weighted by Gasteiger charge is 2.23. The number of halogens is 1. The molecule has 1 fully saturated rings.